The molecule has 0 saturated carbocycles. The summed E-state index contributed by atoms with van der Waals surface area (Å²) in [4.78, 5) is 61.6. The number of nitrogens with zero attached hydrogens (tertiary/aromatic N) is 1. The number of aromatic nitrogens is 2. The molecule has 10 nitrogen and oxygen atoms in total. The van der Waals surface area contributed by atoms with Crippen molar-refractivity contribution in [3.63, 3.8) is 0 Å². The molecule has 0 spiro atoms. The lowest BCUT2D eigenvalue weighted by Gasteiger charge is -2.11. The summed E-state index contributed by atoms with van der Waals surface area (Å²) in [6, 6.07) is 6.00. The Morgan fingerprint density at radius 2 is 1.86 bits per heavy atom. The van der Waals surface area contributed by atoms with Crippen LogP contribution in [0.5, 0.6) is 0 Å². The number of hydrogen-bond donors (Lipinski definition) is 3. The fourth-order valence-electron chi connectivity index (χ4n) is 2.43. The van der Waals surface area contributed by atoms with E-state index in [4.69, 9.17) is 22.1 Å². The van der Waals surface area contributed by atoms with Crippen molar-refractivity contribution in [3.05, 3.63) is 61.3 Å². The quantitative estimate of drug-likeness (QED) is 0.409. The zero-order chi connectivity index (χ0) is 21.6. The number of carbonyl (C=O) groups excluding carboxylic acids is 3. The Balaban J connectivity index is 1.97. The molecule has 0 bridgehead atoms. The van der Waals surface area contributed by atoms with Crippen molar-refractivity contribution in [2.75, 3.05) is 18.9 Å². The Morgan fingerprint density at radius 1 is 1.21 bits per heavy atom. The van der Waals surface area contributed by atoms with Crippen molar-refractivity contribution in [2.24, 2.45) is 0 Å². The molecule has 29 heavy (non-hydrogen) atoms. The molecule has 0 aliphatic rings. The van der Waals surface area contributed by atoms with Gasteiger partial charge in [0.15, 0.2) is 6.61 Å². The van der Waals surface area contributed by atoms with E-state index in [1.54, 1.807) is 6.92 Å². The molecule has 1 aromatic heterocycles. The number of esters is 1. The zero-order valence-electron chi connectivity index (χ0n) is 15.5. The molecule has 1 amide bonds. The highest BCUT2D eigenvalue weighted by Crippen LogP contribution is 2.09. The number of carbonyl (C=O) groups is 3. The topological polar surface area (TPSA) is 153 Å². The summed E-state index contributed by atoms with van der Waals surface area (Å²) in [6.07, 6.45) is 0.548. The number of benzene rings is 1. The van der Waals surface area contributed by atoms with Gasteiger partial charge in [0.25, 0.3) is 11.5 Å². The predicted molar refractivity (Wildman–Crippen MR) is 105 cm³/mol. The van der Waals surface area contributed by atoms with Gasteiger partial charge in [0.05, 0.1) is 0 Å². The largest absolute Gasteiger partial charge is 0.456 e. The maximum absolute atomic E-state index is 12.3. The third-order valence-electron chi connectivity index (χ3n) is 3.83. The molecule has 0 atom stereocenters. The number of Topliss-reactive ketones (excluding diaryl/α,β-unsaturated/α-hetero) is 1. The lowest BCUT2D eigenvalue weighted by molar-refractivity contribution is -0.141. The van der Waals surface area contributed by atoms with Crippen molar-refractivity contribution < 1.29 is 19.1 Å². The van der Waals surface area contributed by atoms with Crippen LogP contribution in [0.15, 0.2) is 33.9 Å². The summed E-state index contributed by atoms with van der Waals surface area (Å²) in [5.74, 6) is -2.58. The summed E-state index contributed by atoms with van der Waals surface area (Å²) >= 11 is 5.73. The van der Waals surface area contributed by atoms with Crippen LogP contribution in [0.2, 0.25) is 5.02 Å². The number of aromatic amines is 1. The Labute approximate surface area is 169 Å². The number of hydrogen-bond acceptors (Lipinski definition) is 7. The van der Waals surface area contributed by atoms with Crippen molar-refractivity contribution in [1.29, 1.82) is 0 Å². The summed E-state index contributed by atoms with van der Waals surface area (Å²) < 4.78 is 5.84. The van der Waals surface area contributed by atoms with E-state index in [0.717, 1.165) is 4.57 Å². The van der Waals surface area contributed by atoms with Gasteiger partial charge in [-0.3, -0.25) is 28.7 Å². The molecule has 0 saturated heterocycles. The van der Waals surface area contributed by atoms with Crippen molar-refractivity contribution in [2.45, 2.75) is 19.9 Å². The van der Waals surface area contributed by atoms with E-state index in [1.807, 2.05) is 4.98 Å². The second kappa shape index (κ2) is 9.69. The highest BCUT2D eigenvalue weighted by atomic mass is 35.5. The maximum atomic E-state index is 12.3. The second-order valence-corrected chi connectivity index (χ2v) is 6.38. The molecule has 0 aliphatic heterocycles. The van der Waals surface area contributed by atoms with E-state index < -0.39 is 47.6 Å². The smallest absolute Gasteiger partial charge is 0.329 e. The van der Waals surface area contributed by atoms with E-state index in [1.165, 1.54) is 24.3 Å². The summed E-state index contributed by atoms with van der Waals surface area (Å²) in [5, 5.41) is 2.79. The van der Waals surface area contributed by atoms with Crippen LogP contribution in [0.25, 0.3) is 0 Å². The van der Waals surface area contributed by atoms with Gasteiger partial charge in [0.2, 0.25) is 5.78 Å². The van der Waals surface area contributed by atoms with E-state index >= 15 is 0 Å². The normalized spacial score (nSPS) is 10.4. The van der Waals surface area contributed by atoms with E-state index in [9.17, 15) is 24.0 Å². The van der Waals surface area contributed by atoms with Crippen LogP contribution in [0.4, 0.5) is 5.82 Å². The van der Waals surface area contributed by atoms with Crippen LogP contribution in [-0.2, 0) is 16.1 Å². The van der Waals surface area contributed by atoms with E-state index in [0.29, 0.717) is 11.4 Å². The fourth-order valence-corrected chi connectivity index (χ4v) is 2.55. The Hall–Kier alpha value is -3.40. The number of H-pyrrole nitrogens is 1. The summed E-state index contributed by atoms with van der Waals surface area (Å²) in [7, 11) is 0. The second-order valence-electron chi connectivity index (χ2n) is 5.94. The number of nitrogen functional groups attached to an aromatic ring is 1. The van der Waals surface area contributed by atoms with Crippen molar-refractivity contribution >= 4 is 35.1 Å². The lowest BCUT2D eigenvalue weighted by atomic mass is 10.2. The van der Waals surface area contributed by atoms with Crippen LogP contribution >= 0.6 is 11.6 Å². The third kappa shape index (κ3) is 5.55. The standard InChI is InChI=1S/C18H19ClN4O6/c1-2-7-23-15(20)14(17(27)22-18(23)28)12(24)9-29-13(25)8-21-16(26)10-3-5-11(19)6-4-10/h3-6H,2,7-9,20H2,1H3,(H,21,26)(H,22,27,28). The minimum absolute atomic E-state index is 0.207. The molecule has 11 heteroatoms. The predicted octanol–water partition coefficient (Wildman–Crippen LogP) is 0.338. The van der Waals surface area contributed by atoms with Gasteiger partial charge in [0.1, 0.15) is 17.9 Å². The van der Waals surface area contributed by atoms with Gasteiger partial charge in [-0.15, -0.1) is 0 Å². The number of nitrogens with two attached hydrogens (primary N) is 1. The summed E-state index contributed by atoms with van der Waals surface area (Å²) in [6.45, 7) is 0.736. The number of amides is 1. The molecule has 0 fully saturated rings. The number of halogens is 1. The molecule has 0 radical (unpaired) electrons. The van der Waals surface area contributed by atoms with E-state index in [-0.39, 0.29) is 17.9 Å². The first-order valence-corrected chi connectivity index (χ1v) is 8.97. The average molecular weight is 423 g/mol. The first-order valence-electron chi connectivity index (χ1n) is 8.59. The SMILES string of the molecule is CCCn1c(N)c(C(=O)COC(=O)CNC(=O)c2ccc(Cl)cc2)c(=O)[nH]c1=O. The molecule has 0 unspecified atom stereocenters. The van der Waals surface area contributed by atoms with Crippen LogP contribution in [0.1, 0.15) is 34.1 Å². The van der Waals surface area contributed by atoms with Crippen molar-refractivity contribution in [1.82, 2.24) is 14.9 Å². The van der Waals surface area contributed by atoms with Crippen LogP contribution in [0, 0.1) is 0 Å². The van der Waals surface area contributed by atoms with Gasteiger partial charge in [-0.2, -0.15) is 0 Å². The lowest BCUT2D eigenvalue weighted by Crippen LogP contribution is -2.37. The molecule has 1 aromatic carbocycles. The number of ketones is 1. The number of ether oxygens (including phenoxy) is 1. The molecule has 154 valence electrons. The number of rotatable bonds is 8. The minimum atomic E-state index is -0.961. The van der Waals surface area contributed by atoms with Crippen LogP contribution in [0.3, 0.4) is 0 Å². The molecule has 2 rings (SSSR count). The first kappa shape index (κ1) is 21.9. The number of nitrogens with one attached hydrogen (secondary N) is 2. The van der Waals surface area contributed by atoms with Gasteiger partial charge >= 0.3 is 11.7 Å². The van der Waals surface area contributed by atoms with Crippen molar-refractivity contribution in [3.8, 4) is 0 Å². The molecule has 0 aliphatic carbocycles. The van der Waals surface area contributed by atoms with Crippen LogP contribution < -0.4 is 22.3 Å². The molecule has 1 heterocycles. The van der Waals surface area contributed by atoms with Gasteiger partial charge in [-0.1, -0.05) is 18.5 Å². The third-order valence-corrected chi connectivity index (χ3v) is 4.08. The van der Waals surface area contributed by atoms with Crippen LogP contribution in [-0.4, -0.2) is 40.4 Å². The van der Waals surface area contributed by atoms with Gasteiger partial charge < -0.3 is 15.8 Å². The molecule has 2 aromatic rings. The average Bonchev–Trinajstić information content (AvgIpc) is 2.68. The monoisotopic (exact) mass is 422 g/mol. The van der Waals surface area contributed by atoms with E-state index in [2.05, 4.69) is 5.32 Å². The van der Waals surface area contributed by atoms with Gasteiger partial charge in [0, 0.05) is 17.1 Å². The molecular weight excluding hydrogens is 404 g/mol. The highest BCUT2D eigenvalue weighted by Gasteiger charge is 2.20. The highest BCUT2D eigenvalue weighted by molar-refractivity contribution is 6.30. The maximum Gasteiger partial charge on any atom is 0.329 e. The fraction of sp³-hybridized carbons (Fsp3) is 0.278. The Morgan fingerprint density at radius 3 is 2.48 bits per heavy atom. The molecule has 4 N–H and O–H groups in total. The zero-order valence-corrected chi connectivity index (χ0v) is 16.2. The first-order chi connectivity index (χ1) is 13.7. The Bertz CT molecular complexity index is 1040. The number of anilines is 1. The van der Waals surface area contributed by atoms with Gasteiger partial charge in [-0.25, -0.2) is 4.79 Å². The minimum Gasteiger partial charge on any atom is -0.456 e. The summed E-state index contributed by atoms with van der Waals surface area (Å²) in [5.41, 5.74) is 3.90. The Kier molecular flexibility index (Phi) is 7.32. The molecular formula is C18H19ClN4O6. The van der Waals surface area contributed by atoms with Gasteiger partial charge in [-0.05, 0) is 30.7 Å².